The highest BCUT2D eigenvalue weighted by Crippen LogP contribution is 1.99. The van der Waals surface area contributed by atoms with Crippen molar-refractivity contribution in [3.8, 4) is 12.3 Å². The molecule has 0 spiro atoms. The highest BCUT2D eigenvalue weighted by molar-refractivity contribution is 7.86. The third kappa shape index (κ3) is 6.46. The fraction of sp³-hybridized carbons (Fsp3) is 0.625. The van der Waals surface area contributed by atoms with Gasteiger partial charge in [-0.3, -0.25) is 4.18 Å². The Hall–Kier alpha value is -1.06. The first-order valence-electron chi connectivity index (χ1n) is 3.85. The van der Waals surface area contributed by atoms with Crippen molar-refractivity contribution in [3.63, 3.8) is 0 Å². The summed E-state index contributed by atoms with van der Waals surface area (Å²) < 4.78 is 30.2. The second kappa shape index (κ2) is 5.62. The van der Waals surface area contributed by atoms with Gasteiger partial charge in [0.2, 0.25) is 0 Å². The van der Waals surface area contributed by atoms with Crippen LogP contribution >= 0.6 is 0 Å². The van der Waals surface area contributed by atoms with Gasteiger partial charge in [-0.2, -0.15) is 8.42 Å². The summed E-state index contributed by atoms with van der Waals surface area (Å²) in [4.78, 5) is 11.0. The molecule has 0 fully saturated rings. The van der Waals surface area contributed by atoms with Crippen LogP contribution in [0, 0.1) is 12.3 Å². The number of hydrogen-bond acceptors (Lipinski definition) is 5. The minimum Gasteiger partial charge on any atom is -0.463 e. The van der Waals surface area contributed by atoms with E-state index < -0.39 is 22.2 Å². The highest BCUT2D eigenvalue weighted by Gasteiger charge is 2.19. The Bertz CT molecular complexity index is 324. The number of rotatable bonds is 5. The van der Waals surface area contributed by atoms with E-state index in [2.05, 4.69) is 14.8 Å². The second-order valence-electron chi connectivity index (χ2n) is 2.56. The zero-order chi connectivity index (χ0) is 11.2. The van der Waals surface area contributed by atoms with Crippen molar-refractivity contribution in [1.29, 1.82) is 0 Å². The number of hydrogen-bond donors (Lipinski definition) is 0. The fourth-order valence-electron chi connectivity index (χ4n) is 0.629. The van der Waals surface area contributed by atoms with E-state index in [1.54, 1.807) is 0 Å². The summed E-state index contributed by atoms with van der Waals surface area (Å²) in [5, 5.41) is 0. The Labute approximate surface area is 83.5 Å². The smallest absolute Gasteiger partial charge is 0.336 e. The molecule has 0 radical (unpaired) electrons. The molecule has 0 aromatic heterocycles. The molecule has 6 heteroatoms. The molecule has 0 amide bonds. The standard InChI is InChI=1S/C8H12O5S/c1-4-5-6-12-8(9)7(2)13-14(3,10)11/h1,7H,5-6H2,2-3H3. The summed E-state index contributed by atoms with van der Waals surface area (Å²) in [5.41, 5.74) is 0. The molecule has 0 saturated heterocycles. The Balaban J connectivity index is 3.96. The Morgan fingerprint density at radius 2 is 2.14 bits per heavy atom. The van der Waals surface area contributed by atoms with Crippen LogP contribution in [0.3, 0.4) is 0 Å². The highest BCUT2D eigenvalue weighted by atomic mass is 32.2. The predicted molar refractivity (Wildman–Crippen MR) is 49.8 cm³/mol. The summed E-state index contributed by atoms with van der Waals surface area (Å²) in [6, 6.07) is 0. The topological polar surface area (TPSA) is 69.7 Å². The second-order valence-corrected chi connectivity index (χ2v) is 4.16. The third-order valence-electron chi connectivity index (χ3n) is 1.14. The lowest BCUT2D eigenvalue weighted by Crippen LogP contribution is -2.26. The summed E-state index contributed by atoms with van der Waals surface area (Å²) >= 11 is 0. The van der Waals surface area contributed by atoms with E-state index in [-0.39, 0.29) is 13.0 Å². The van der Waals surface area contributed by atoms with Gasteiger partial charge in [0.25, 0.3) is 10.1 Å². The average molecular weight is 220 g/mol. The molecule has 80 valence electrons. The SMILES string of the molecule is C#CCCOC(=O)C(C)OS(C)(=O)=O. The minimum absolute atomic E-state index is 0.0623. The van der Waals surface area contributed by atoms with Crippen LogP contribution in [0.15, 0.2) is 0 Å². The van der Waals surface area contributed by atoms with E-state index in [9.17, 15) is 13.2 Å². The van der Waals surface area contributed by atoms with E-state index in [1.807, 2.05) is 0 Å². The van der Waals surface area contributed by atoms with Crippen molar-refractivity contribution in [2.45, 2.75) is 19.4 Å². The predicted octanol–water partition coefficient (Wildman–Crippen LogP) is -0.0824. The number of esters is 1. The molecule has 0 aliphatic carbocycles. The van der Waals surface area contributed by atoms with Gasteiger partial charge in [0.05, 0.1) is 6.26 Å². The Morgan fingerprint density at radius 1 is 1.57 bits per heavy atom. The van der Waals surface area contributed by atoms with Crippen molar-refractivity contribution in [2.24, 2.45) is 0 Å². The maximum absolute atomic E-state index is 11.0. The average Bonchev–Trinajstić information content (AvgIpc) is 2.01. The number of carbonyl (C=O) groups is 1. The van der Waals surface area contributed by atoms with Gasteiger partial charge in [0.15, 0.2) is 6.10 Å². The molecule has 0 aliphatic heterocycles. The van der Waals surface area contributed by atoms with E-state index >= 15 is 0 Å². The molecule has 5 nitrogen and oxygen atoms in total. The summed E-state index contributed by atoms with van der Waals surface area (Å²) in [6.07, 6.45) is 4.94. The molecule has 0 heterocycles. The van der Waals surface area contributed by atoms with Crippen LogP contribution in [0.5, 0.6) is 0 Å². The lowest BCUT2D eigenvalue weighted by molar-refractivity contribution is -0.150. The molecule has 0 aliphatic rings. The molecule has 0 aromatic carbocycles. The maximum Gasteiger partial charge on any atom is 0.336 e. The Kier molecular flexibility index (Phi) is 5.20. The molecule has 0 bridgehead atoms. The van der Waals surface area contributed by atoms with Gasteiger partial charge >= 0.3 is 5.97 Å². The largest absolute Gasteiger partial charge is 0.463 e. The number of terminal acetylenes is 1. The first-order chi connectivity index (χ1) is 6.37. The molecule has 1 atom stereocenters. The lowest BCUT2D eigenvalue weighted by atomic mass is 10.4. The van der Waals surface area contributed by atoms with Crippen LogP contribution in [0.1, 0.15) is 13.3 Å². The van der Waals surface area contributed by atoms with Gasteiger partial charge in [0, 0.05) is 6.42 Å². The molecule has 0 aromatic rings. The van der Waals surface area contributed by atoms with Crippen LogP contribution in [-0.2, 0) is 23.8 Å². The van der Waals surface area contributed by atoms with Crippen molar-refractivity contribution in [1.82, 2.24) is 0 Å². The van der Waals surface area contributed by atoms with Crippen LogP contribution in [0.4, 0.5) is 0 Å². The van der Waals surface area contributed by atoms with E-state index in [0.717, 1.165) is 6.26 Å². The van der Waals surface area contributed by atoms with Gasteiger partial charge in [-0.05, 0) is 6.92 Å². The van der Waals surface area contributed by atoms with E-state index in [0.29, 0.717) is 0 Å². The van der Waals surface area contributed by atoms with Crippen LogP contribution in [0.2, 0.25) is 0 Å². The first kappa shape index (κ1) is 12.9. The van der Waals surface area contributed by atoms with Gasteiger partial charge in [0.1, 0.15) is 6.61 Å². The molecule has 14 heavy (non-hydrogen) atoms. The quantitative estimate of drug-likeness (QED) is 0.280. The van der Waals surface area contributed by atoms with Crippen LogP contribution in [-0.4, -0.2) is 33.4 Å². The van der Waals surface area contributed by atoms with Crippen molar-refractivity contribution >= 4 is 16.1 Å². The van der Waals surface area contributed by atoms with Gasteiger partial charge < -0.3 is 4.74 Å². The molecule has 0 saturated carbocycles. The van der Waals surface area contributed by atoms with Crippen molar-refractivity contribution in [3.05, 3.63) is 0 Å². The summed E-state index contributed by atoms with van der Waals surface area (Å²) in [7, 11) is -3.64. The number of carbonyl (C=O) groups excluding carboxylic acids is 1. The lowest BCUT2D eigenvalue weighted by Gasteiger charge is -2.09. The summed E-state index contributed by atoms with van der Waals surface area (Å²) in [5.74, 6) is 1.53. The van der Waals surface area contributed by atoms with E-state index in [1.165, 1.54) is 6.92 Å². The van der Waals surface area contributed by atoms with Crippen molar-refractivity contribution < 1.29 is 22.1 Å². The Morgan fingerprint density at radius 3 is 2.57 bits per heavy atom. The van der Waals surface area contributed by atoms with Crippen LogP contribution < -0.4 is 0 Å². The maximum atomic E-state index is 11.0. The zero-order valence-corrected chi connectivity index (χ0v) is 8.83. The third-order valence-corrected chi connectivity index (χ3v) is 1.78. The molecule has 0 rings (SSSR count). The molecular weight excluding hydrogens is 208 g/mol. The summed E-state index contributed by atoms with van der Waals surface area (Å²) in [6.45, 7) is 1.35. The monoisotopic (exact) mass is 220 g/mol. The molecule has 0 N–H and O–H groups in total. The first-order valence-corrected chi connectivity index (χ1v) is 5.67. The molecule has 1 unspecified atom stereocenters. The zero-order valence-electron chi connectivity index (χ0n) is 8.02. The van der Waals surface area contributed by atoms with Crippen molar-refractivity contribution in [2.75, 3.05) is 12.9 Å². The van der Waals surface area contributed by atoms with Gasteiger partial charge in [-0.1, -0.05) is 0 Å². The fourth-order valence-corrected chi connectivity index (χ4v) is 1.23. The minimum atomic E-state index is -3.64. The normalized spacial score (nSPS) is 12.9. The van der Waals surface area contributed by atoms with Gasteiger partial charge in [-0.15, -0.1) is 12.3 Å². The van der Waals surface area contributed by atoms with Crippen LogP contribution in [0.25, 0.3) is 0 Å². The van der Waals surface area contributed by atoms with Gasteiger partial charge in [-0.25, -0.2) is 4.79 Å². The molecular formula is C8H12O5S. The number of ether oxygens (including phenoxy) is 1. The van der Waals surface area contributed by atoms with E-state index in [4.69, 9.17) is 6.42 Å².